The van der Waals surface area contributed by atoms with E-state index in [9.17, 15) is 26.7 Å². The highest BCUT2D eigenvalue weighted by Gasteiger charge is 2.22. The van der Waals surface area contributed by atoms with Crippen molar-refractivity contribution >= 4 is 11.6 Å². The number of anilines is 1. The summed E-state index contributed by atoms with van der Waals surface area (Å²) in [6.45, 7) is -0.329. The van der Waals surface area contributed by atoms with Crippen LogP contribution in [0.4, 0.5) is 27.6 Å². The molecule has 1 N–H and O–H groups in total. The maximum atomic E-state index is 13.2. The van der Waals surface area contributed by atoms with Crippen LogP contribution in [0.5, 0.6) is 5.75 Å². The van der Waals surface area contributed by atoms with Gasteiger partial charge in [-0.25, -0.2) is 13.2 Å². The van der Waals surface area contributed by atoms with Gasteiger partial charge in [-0.1, -0.05) is 0 Å². The van der Waals surface area contributed by atoms with Crippen molar-refractivity contribution in [3.8, 4) is 5.75 Å². The third-order valence-electron chi connectivity index (χ3n) is 3.33. The molecule has 0 saturated carbocycles. The second-order valence-electron chi connectivity index (χ2n) is 5.14. The van der Waals surface area contributed by atoms with E-state index in [-0.39, 0.29) is 5.69 Å². The van der Waals surface area contributed by atoms with E-state index in [1.54, 1.807) is 0 Å². The summed E-state index contributed by atoms with van der Waals surface area (Å²) in [5.41, 5.74) is -0.348. The monoisotopic (exact) mass is 363 g/mol. The van der Waals surface area contributed by atoms with Gasteiger partial charge in [-0.2, -0.15) is 13.9 Å². The summed E-state index contributed by atoms with van der Waals surface area (Å²) >= 11 is 0. The van der Waals surface area contributed by atoms with E-state index < -0.39 is 42.2 Å². The molecule has 2 aromatic rings. The Hall–Kier alpha value is -2.65. The lowest BCUT2D eigenvalue weighted by Crippen LogP contribution is -2.25. The number of rotatable bonds is 6. The number of amides is 1. The lowest BCUT2D eigenvalue weighted by Gasteiger charge is -2.16. The Balaban J connectivity index is 2.22. The topological polar surface area (TPSA) is 56.2 Å². The van der Waals surface area contributed by atoms with Crippen LogP contribution in [0.25, 0.3) is 0 Å². The number of nitrogens with one attached hydrogen (secondary N) is 1. The molecule has 0 aliphatic heterocycles. The van der Waals surface area contributed by atoms with Gasteiger partial charge >= 0.3 is 6.61 Å². The molecule has 0 bridgehead atoms. The van der Waals surface area contributed by atoms with Gasteiger partial charge < -0.3 is 10.1 Å². The average Bonchev–Trinajstić information content (AvgIpc) is 2.90. The van der Waals surface area contributed by atoms with Gasteiger partial charge in [0, 0.05) is 11.8 Å². The Kier molecular flexibility index (Phi) is 5.60. The number of aryl methyl sites for hydroxylation is 1. The first kappa shape index (κ1) is 18.7. The minimum Gasteiger partial charge on any atom is -0.432 e. The first-order valence-electron chi connectivity index (χ1n) is 7.08. The molecule has 0 saturated heterocycles. The number of carbonyl (C=O) groups excluding carboxylic acids is 1. The molecule has 25 heavy (non-hydrogen) atoms. The number of nitrogens with zero attached hydrogens (tertiary/aromatic N) is 2. The number of halogens is 5. The quantitative estimate of drug-likeness (QED) is 0.787. The third kappa shape index (κ3) is 4.46. The lowest BCUT2D eigenvalue weighted by atomic mass is 10.2. The molecule has 136 valence electrons. The van der Waals surface area contributed by atoms with Crippen LogP contribution in [0.3, 0.4) is 0 Å². The molecule has 0 aliphatic rings. The second-order valence-corrected chi connectivity index (χ2v) is 5.14. The maximum Gasteiger partial charge on any atom is 0.387 e. The van der Waals surface area contributed by atoms with Gasteiger partial charge in [0.2, 0.25) is 5.91 Å². The number of carbonyl (C=O) groups is 1. The average molecular weight is 363 g/mol. The molecule has 1 unspecified atom stereocenters. The van der Waals surface area contributed by atoms with E-state index in [4.69, 9.17) is 0 Å². The summed E-state index contributed by atoms with van der Waals surface area (Å²) < 4.78 is 68.5. The van der Waals surface area contributed by atoms with Crippen molar-refractivity contribution in [2.75, 3.05) is 5.32 Å². The molecule has 1 aromatic carbocycles. The third-order valence-corrected chi connectivity index (χ3v) is 3.33. The molecule has 1 atom stereocenters. The Morgan fingerprint density at radius 1 is 1.24 bits per heavy atom. The molecule has 5 nitrogen and oxygen atoms in total. The SMILES string of the molecule is Cc1cc(C(F)F)nn1C(C)C(=O)Nc1ccc(F)cc1OC(F)F. The van der Waals surface area contributed by atoms with Crippen LogP contribution >= 0.6 is 0 Å². The van der Waals surface area contributed by atoms with Gasteiger partial charge in [-0.05, 0) is 32.0 Å². The summed E-state index contributed by atoms with van der Waals surface area (Å²) in [6, 6.07) is 2.82. The van der Waals surface area contributed by atoms with Crippen LogP contribution < -0.4 is 10.1 Å². The van der Waals surface area contributed by atoms with E-state index >= 15 is 0 Å². The zero-order valence-electron chi connectivity index (χ0n) is 13.1. The van der Waals surface area contributed by atoms with Gasteiger partial charge in [-0.3, -0.25) is 9.48 Å². The van der Waals surface area contributed by atoms with Gasteiger partial charge in [0.1, 0.15) is 17.6 Å². The highest BCUT2D eigenvalue weighted by Crippen LogP contribution is 2.28. The van der Waals surface area contributed by atoms with Crippen LogP contribution in [0, 0.1) is 12.7 Å². The van der Waals surface area contributed by atoms with Gasteiger partial charge in [0.05, 0.1) is 5.69 Å². The highest BCUT2D eigenvalue weighted by atomic mass is 19.3. The Morgan fingerprint density at radius 3 is 2.48 bits per heavy atom. The van der Waals surface area contributed by atoms with E-state index in [1.165, 1.54) is 13.8 Å². The molecule has 0 radical (unpaired) electrons. The second kappa shape index (κ2) is 7.49. The standard InChI is InChI=1S/C15H14F5N3O2/c1-7-5-11(13(17)18)22-23(7)8(2)14(24)21-10-4-3-9(16)6-12(10)25-15(19)20/h3-6,8,13,15H,1-2H3,(H,21,24). The molecule has 10 heteroatoms. The summed E-state index contributed by atoms with van der Waals surface area (Å²) in [6.07, 6.45) is -2.79. The van der Waals surface area contributed by atoms with Crippen LogP contribution in [-0.2, 0) is 4.79 Å². The maximum absolute atomic E-state index is 13.2. The Morgan fingerprint density at radius 2 is 1.92 bits per heavy atom. The van der Waals surface area contributed by atoms with Crippen LogP contribution in [-0.4, -0.2) is 22.3 Å². The first-order valence-corrected chi connectivity index (χ1v) is 7.08. The largest absolute Gasteiger partial charge is 0.432 e. The number of hydrogen-bond acceptors (Lipinski definition) is 3. The van der Waals surface area contributed by atoms with E-state index in [0.29, 0.717) is 11.8 Å². The molecule has 0 fully saturated rings. The number of hydrogen-bond donors (Lipinski definition) is 1. The predicted molar refractivity (Wildman–Crippen MR) is 78.3 cm³/mol. The van der Waals surface area contributed by atoms with Crippen LogP contribution in [0.2, 0.25) is 0 Å². The van der Waals surface area contributed by atoms with Gasteiger partial charge in [0.25, 0.3) is 6.43 Å². The summed E-state index contributed by atoms with van der Waals surface area (Å²) in [5.74, 6) is -2.11. The Labute approximate surface area is 139 Å². The lowest BCUT2D eigenvalue weighted by molar-refractivity contribution is -0.119. The Bertz CT molecular complexity index is 764. The number of ether oxygens (including phenoxy) is 1. The normalized spacial score (nSPS) is 12.5. The molecular weight excluding hydrogens is 349 g/mol. The fourth-order valence-electron chi connectivity index (χ4n) is 2.15. The van der Waals surface area contributed by atoms with Crippen molar-refractivity contribution in [2.24, 2.45) is 0 Å². The fourth-order valence-corrected chi connectivity index (χ4v) is 2.15. The van der Waals surface area contributed by atoms with Crippen molar-refractivity contribution in [1.82, 2.24) is 9.78 Å². The number of benzene rings is 1. The van der Waals surface area contributed by atoms with Crippen LogP contribution in [0.15, 0.2) is 24.3 Å². The fraction of sp³-hybridized carbons (Fsp3) is 0.333. The first-order chi connectivity index (χ1) is 11.7. The molecule has 0 spiro atoms. The zero-order chi connectivity index (χ0) is 18.7. The smallest absolute Gasteiger partial charge is 0.387 e. The van der Waals surface area contributed by atoms with Gasteiger partial charge in [-0.15, -0.1) is 0 Å². The van der Waals surface area contributed by atoms with E-state index in [0.717, 1.165) is 22.9 Å². The molecule has 1 aromatic heterocycles. The predicted octanol–water partition coefficient (Wildman–Crippen LogP) is 4.07. The molecule has 1 amide bonds. The summed E-state index contributed by atoms with van der Waals surface area (Å²) in [5, 5.41) is 5.95. The summed E-state index contributed by atoms with van der Waals surface area (Å²) in [4.78, 5) is 12.3. The van der Waals surface area contributed by atoms with Crippen molar-refractivity contribution in [1.29, 1.82) is 0 Å². The van der Waals surface area contributed by atoms with Gasteiger partial charge in [0.15, 0.2) is 5.75 Å². The van der Waals surface area contributed by atoms with E-state index in [1.807, 2.05) is 0 Å². The van der Waals surface area contributed by atoms with Crippen molar-refractivity contribution in [2.45, 2.75) is 32.9 Å². The molecule has 2 rings (SSSR count). The minimum atomic E-state index is -3.21. The number of aromatic nitrogens is 2. The molecule has 1 heterocycles. The van der Waals surface area contributed by atoms with Crippen molar-refractivity contribution in [3.05, 3.63) is 41.5 Å². The highest BCUT2D eigenvalue weighted by molar-refractivity contribution is 5.94. The zero-order valence-corrected chi connectivity index (χ0v) is 13.1. The van der Waals surface area contributed by atoms with Crippen molar-refractivity contribution in [3.63, 3.8) is 0 Å². The van der Waals surface area contributed by atoms with Crippen molar-refractivity contribution < 1.29 is 31.5 Å². The summed E-state index contributed by atoms with van der Waals surface area (Å²) in [7, 11) is 0. The number of alkyl halides is 4. The molecule has 0 aliphatic carbocycles. The van der Waals surface area contributed by atoms with Crippen LogP contribution in [0.1, 0.15) is 30.8 Å². The molecular formula is C15H14F5N3O2. The minimum absolute atomic E-state index is 0.183. The van der Waals surface area contributed by atoms with E-state index in [2.05, 4.69) is 15.2 Å².